The lowest BCUT2D eigenvalue weighted by Crippen LogP contribution is -2.23. The first-order valence-electron chi connectivity index (χ1n) is 12.8. The molecular weight excluding hydrogens is 453 g/mol. The maximum absolute atomic E-state index is 14.3. The number of rotatable bonds is 11. The Labute approximate surface area is 212 Å². The third-order valence-electron chi connectivity index (χ3n) is 6.98. The lowest BCUT2D eigenvalue weighted by Gasteiger charge is -2.18. The van der Waals surface area contributed by atoms with E-state index in [0.717, 1.165) is 53.3 Å². The lowest BCUT2D eigenvalue weighted by atomic mass is 10.1. The summed E-state index contributed by atoms with van der Waals surface area (Å²) in [5.74, 6) is 1.30. The van der Waals surface area contributed by atoms with Crippen LogP contribution in [0.25, 0.3) is 10.9 Å². The summed E-state index contributed by atoms with van der Waals surface area (Å²) in [5.41, 5.74) is 4.38. The highest BCUT2D eigenvalue weighted by Crippen LogP contribution is 2.28. The zero-order valence-electron chi connectivity index (χ0n) is 21.7. The van der Waals surface area contributed by atoms with Crippen molar-refractivity contribution in [3.63, 3.8) is 0 Å². The van der Waals surface area contributed by atoms with Crippen LogP contribution in [0.1, 0.15) is 65.4 Å². The number of nitrogens with one attached hydrogen (secondary N) is 1. The van der Waals surface area contributed by atoms with E-state index in [1.54, 1.807) is 6.07 Å². The Morgan fingerprint density at radius 2 is 1.83 bits per heavy atom. The molecule has 1 N–H and O–H groups in total. The van der Waals surface area contributed by atoms with Gasteiger partial charge in [0, 0.05) is 27.7 Å². The van der Waals surface area contributed by atoms with E-state index >= 15 is 0 Å². The van der Waals surface area contributed by atoms with Crippen molar-refractivity contribution in [3.05, 3.63) is 94.3 Å². The van der Waals surface area contributed by atoms with Crippen LogP contribution in [0.2, 0.25) is 0 Å². The Morgan fingerprint density at radius 1 is 1.06 bits per heavy atom. The molecular formula is C30H36FN3O2. The second kappa shape index (κ2) is 11.6. The first-order chi connectivity index (χ1) is 17.4. The molecule has 0 saturated carbocycles. The quantitative estimate of drug-likeness (QED) is 0.259. The molecule has 0 aliphatic heterocycles. The van der Waals surface area contributed by atoms with Crippen molar-refractivity contribution >= 4 is 16.8 Å². The van der Waals surface area contributed by atoms with Crippen LogP contribution >= 0.6 is 0 Å². The van der Waals surface area contributed by atoms with E-state index in [-0.39, 0.29) is 11.7 Å². The van der Waals surface area contributed by atoms with Crippen LogP contribution in [-0.4, -0.2) is 28.5 Å². The molecule has 2 aromatic heterocycles. The number of unbranched alkanes of at least 4 members (excludes halogenated alkanes) is 1. The number of nitrogens with zero attached hydrogens (tertiary/aromatic N) is 2. The fourth-order valence-corrected chi connectivity index (χ4v) is 4.61. The first-order valence-corrected chi connectivity index (χ1v) is 12.8. The Bertz CT molecular complexity index is 1340. The van der Waals surface area contributed by atoms with Gasteiger partial charge in [0.15, 0.2) is 0 Å². The third kappa shape index (κ3) is 5.71. The van der Waals surface area contributed by atoms with Gasteiger partial charge in [0.05, 0.1) is 19.6 Å². The molecule has 2 heterocycles. The predicted octanol–water partition coefficient (Wildman–Crippen LogP) is 6.59. The van der Waals surface area contributed by atoms with Gasteiger partial charge in [0.1, 0.15) is 17.3 Å². The van der Waals surface area contributed by atoms with Crippen molar-refractivity contribution in [1.82, 2.24) is 14.8 Å². The van der Waals surface area contributed by atoms with Gasteiger partial charge in [-0.3, -0.25) is 9.69 Å². The third-order valence-corrected chi connectivity index (χ3v) is 6.98. The zero-order chi connectivity index (χ0) is 25.7. The van der Waals surface area contributed by atoms with E-state index in [9.17, 15) is 9.18 Å². The van der Waals surface area contributed by atoms with Crippen LogP contribution in [0.15, 0.2) is 59.0 Å². The van der Waals surface area contributed by atoms with Crippen molar-refractivity contribution in [3.8, 4) is 0 Å². The van der Waals surface area contributed by atoms with E-state index in [1.165, 1.54) is 18.9 Å². The smallest absolute Gasteiger partial charge is 0.251 e. The van der Waals surface area contributed by atoms with Gasteiger partial charge in [0.2, 0.25) is 0 Å². The van der Waals surface area contributed by atoms with Gasteiger partial charge in [-0.1, -0.05) is 38.5 Å². The number of amides is 1. The monoisotopic (exact) mass is 489 g/mol. The maximum atomic E-state index is 14.3. The van der Waals surface area contributed by atoms with E-state index in [4.69, 9.17) is 4.42 Å². The van der Waals surface area contributed by atoms with Gasteiger partial charge >= 0.3 is 0 Å². The molecule has 0 fully saturated rings. The number of benzene rings is 2. The average molecular weight is 490 g/mol. The Morgan fingerprint density at radius 3 is 2.58 bits per heavy atom. The van der Waals surface area contributed by atoms with Crippen LogP contribution < -0.4 is 5.32 Å². The number of aryl methyl sites for hydroxylation is 1. The van der Waals surface area contributed by atoms with E-state index in [1.807, 2.05) is 56.3 Å². The summed E-state index contributed by atoms with van der Waals surface area (Å²) in [6.07, 6.45) is 2.35. The number of hydrogen-bond acceptors (Lipinski definition) is 3. The highest BCUT2D eigenvalue weighted by atomic mass is 19.1. The van der Waals surface area contributed by atoms with E-state index in [2.05, 4.69) is 28.6 Å². The number of aromatic nitrogens is 1. The number of furan rings is 1. The summed E-state index contributed by atoms with van der Waals surface area (Å²) in [4.78, 5) is 15.3. The number of fused-ring (bicyclic) bond motifs is 1. The van der Waals surface area contributed by atoms with Gasteiger partial charge in [-0.05, 0) is 75.3 Å². The SMILES string of the molecule is CCCCN(CC)Cc1ccc(CNC(=O)c2ccc3c(c2)c(C)c(C)n3Cc2ccccc2F)o1. The number of halogens is 1. The molecule has 0 spiro atoms. The topological polar surface area (TPSA) is 50.4 Å². The molecule has 0 bridgehead atoms. The van der Waals surface area contributed by atoms with Crippen LogP contribution in [0.3, 0.4) is 0 Å². The highest BCUT2D eigenvalue weighted by Gasteiger charge is 2.16. The van der Waals surface area contributed by atoms with Crippen molar-refractivity contribution in [1.29, 1.82) is 0 Å². The average Bonchev–Trinajstić information content (AvgIpc) is 3.44. The van der Waals surface area contributed by atoms with Gasteiger partial charge in [-0.25, -0.2) is 4.39 Å². The molecule has 1 amide bonds. The second-order valence-electron chi connectivity index (χ2n) is 9.39. The number of hydrogen-bond donors (Lipinski definition) is 1. The summed E-state index contributed by atoms with van der Waals surface area (Å²) in [5, 5.41) is 3.98. The van der Waals surface area contributed by atoms with E-state index in [0.29, 0.717) is 24.2 Å². The Hall–Kier alpha value is -3.38. The molecule has 36 heavy (non-hydrogen) atoms. The molecule has 0 saturated heterocycles. The van der Waals surface area contributed by atoms with Gasteiger partial charge in [-0.2, -0.15) is 0 Å². The maximum Gasteiger partial charge on any atom is 0.251 e. The van der Waals surface area contributed by atoms with Crippen molar-refractivity contribution < 1.29 is 13.6 Å². The van der Waals surface area contributed by atoms with Crippen LogP contribution in [-0.2, 0) is 19.6 Å². The van der Waals surface area contributed by atoms with Gasteiger partial charge < -0.3 is 14.3 Å². The minimum atomic E-state index is -0.211. The number of carbonyl (C=O) groups is 1. The van der Waals surface area contributed by atoms with Crippen LogP contribution in [0.5, 0.6) is 0 Å². The van der Waals surface area contributed by atoms with Crippen molar-refractivity contribution in [2.24, 2.45) is 0 Å². The highest BCUT2D eigenvalue weighted by molar-refractivity contribution is 5.99. The molecule has 190 valence electrons. The summed E-state index contributed by atoms with van der Waals surface area (Å²) in [7, 11) is 0. The molecule has 0 radical (unpaired) electrons. The fourth-order valence-electron chi connectivity index (χ4n) is 4.61. The molecule has 4 aromatic rings. The summed E-state index contributed by atoms with van der Waals surface area (Å²) in [6.45, 7) is 12.0. The molecule has 0 aliphatic carbocycles. The molecule has 6 heteroatoms. The normalized spacial score (nSPS) is 11.5. The molecule has 4 rings (SSSR count). The largest absolute Gasteiger partial charge is 0.463 e. The fraction of sp³-hybridized carbons (Fsp3) is 0.367. The van der Waals surface area contributed by atoms with Crippen molar-refractivity contribution in [2.45, 2.75) is 60.2 Å². The second-order valence-corrected chi connectivity index (χ2v) is 9.39. The molecule has 0 atom stereocenters. The minimum absolute atomic E-state index is 0.146. The zero-order valence-corrected chi connectivity index (χ0v) is 21.7. The Kier molecular flexibility index (Phi) is 8.26. The standard InChI is InChI=1S/C30H36FN3O2/c1-5-7-16-33(6-2)20-26-14-13-25(36-26)18-32-30(35)23-12-15-29-27(17-23)21(3)22(4)34(29)19-24-10-8-9-11-28(24)31/h8-15,17H,5-7,16,18-20H2,1-4H3,(H,32,35). The predicted molar refractivity (Wildman–Crippen MR) is 143 cm³/mol. The summed E-state index contributed by atoms with van der Waals surface area (Å²) >= 11 is 0. The van der Waals surface area contributed by atoms with Crippen LogP contribution in [0.4, 0.5) is 4.39 Å². The lowest BCUT2D eigenvalue weighted by molar-refractivity contribution is 0.0947. The molecule has 2 aromatic carbocycles. The molecule has 0 aliphatic rings. The summed E-state index contributed by atoms with van der Waals surface area (Å²) in [6, 6.07) is 16.5. The van der Waals surface area contributed by atoms with Gasteiger partial charge in [-0.15, -0.1) is 0 Å². The number of carbonyl (C=O) groups excluding carboxylic acids is 1. The van der Waals surface area contributed by atoms with Crippen LogP contribution in [0, 0.1) is 19.7 Å². The Balaban J connectivity index is 1.44. The summed E-state index contributed by atoms with van der Waals surface area (Å²) < 4.78 is 22.3. The first kappa shape index (κ1) is 25.7. The van der Waals surface area contributed by atoms with Gasteiger partial charge in [0.25, 0.3) is 5.91 Å². The molecule has 0 unspecified atom stereocenters. The van der Waals surface area contributed by atoms with Crippen molar-refractivity contribution in [2.75, 3.05) is 13.1 Å². The minimum Gasteiger partial charge on any atom is -0.463 e. The molecule has 5 nitrogen and oxygen atoms in total. The van der Waals surface area contributed by atoms with E-state index < -0.39 is 0 Å².